The molecule has 0 radical (unpaired) electrons. The van der Waals surface area contributed by atoms with Crippen molar-refractivity contribution in [2.24, 2.45) is 0 Å². The van der Waals surface area contributed by atoms with Crippen molar-refractivity contribution in [3.63, 3.8) is 0 Å². The molecule has 0 bridgehead atoms. The number of fused-ring (bicyclic) bond motifs is 1. The van der Waals surface area contributed by atoms with Gasteiger partial charge in [-0.05, 0) is 30.5 Å². The maximum absolute atomic E-state index is 11.1. The summed E-state index contributed by atoms with van der Waals surface area (Å²) in [7, 11) is 0. The van der Waals surface area contributed by atoms with Crippen LogP contribution in [-0.2, 0) is 10.2 Å². The lowest BCUT2D eigenvalue weighted by Gasteiger charge is -2.12. The summed E-state index contributed by atoms with van der Waals surface area (Å²) in [5.74, 6) is -0.773. The fraction of sp³-hybridized carbons (Fsp3) is 0.333. The van der Waals surface area contributed by atoms with E-state index in [2.05, 4.69) is 9.97 Å². The number of carboxylic acids is 1. The Labute approximate surface area is 96.5 Å². The first-order valence-electron chi connectivity index (χ1n) is 5.53. The van der Waals surface area contributed by atoms with E-state index in [9.17, 15) is 9.59 Å². The molecule has 1 aromatic carbocycles. The van der Waals surface area contributed by atoms with Gasteiger partial charge in [0.25, 0.3) is 0 Å². The van der Waals surface area contributed by atoms with Gasteiger partial charge in [0.2, 0.25) is 0 Å². The van der Waals surface area contributed by atoms with Crippen molar-refractivity contribution < 1.29 is 9.90 Å². The molecule has 1 aliphatic rings. The molecule has 3 N–H and O–H groups in total. The van der Waals surface area contributed by atoms with E-state index in [1.807, 2.05) is 18.2 Å². The lowest BCUT2D eigenvalue weighted by molar-refractivity contribution is -0.137. The van der Waals surface area contributed by atoms with Crippen LogP contribution in [0.25, 0.3) is 11.0 Å². The van der Waals surface area contributed by atoms with Gasteiger partial charge >= 0.3 is 11.7 Å². The zero-order chi connectivity index (χ0) is 12.0. The molecular weight excluding hydrogens is 220 g/mol. The first-order chi connectivity index (χ1) is 8.09. The third-order valence-electron chi connectivity index (χ3n) is 3.47. The molecule has 0 aliphatic heterocycles. The van der Waals surface area contributed by atoms with Crippen molar-refractivity contribution in [2.75, 3.05) is 0 Å². The smallest absolute Gasteiger partial charge is 0.323 e. The van der Waals surface area contributed by atoms with Gasteiger partial charge in [0.15, 0.2) is 0 Å². The van der Waals surface area contributed by atoms with Gasteiger partial charge in [-0.1, -0.05) is 6.07 Å². The summed E-state index contributed by atoms with van der Waals surface area (Å²) in [6.07, 6.45) is 1.96. The van der Waals surface area contributed by atoms with Crippen molar-refractivity contribution in [3.8, 4) is 0 Å². The number of aromatic amines is 2. The average molecular weight is 232 g/mol. The second-order valence-corrected chi connectivity index (χ2v) is 4.69. The number of carboxylic acid groups (broad SMARTS) is 1. The van der Waals surface area contributed by atoms with Crippen molar-refractivity contribution in [1.29, 1.82) is 0 Å². The van der Waals surface area contributed by atoms with Crippen LogP contribution in [-0.4, -0.2) is 21.0 Å². The number of aliphatic carboxylic acids is 1. The van der Waals surface area contributed by atoms with E-state index in [0.29, 0.717) is 0 Å². The van der Waals surface area contributed by atoms with Crippen LogP contribution in [0.4, 0.5) is 0 Å². The predicted octanol–water partition coefficient (Wildman–Crippen LogP) is 1.36. The first-order valence-corrected chi connectivity index (χ1v) is 5.53. The normalized spacial score (nSPS) is 17.2. The van der Waals surface area contributed by atoms with E-state index >= 15 is 0 Å². The number of benzene rings is 1. The van der Waals surface area contributed by atoms with Crippen LogP contribution in [0.2, 0.25) is 0 Å². The largest absolute Gasteiger partial charge is 0.481 e. The van der Waals surface area contributed by atoms with Crippen LogP contribution < -0.4 is 5.69 Å². The van der Waals surface area contributed by atoms with Crippen molar-refractivity contribution >= 4 is 17.0 Å². The van der Waals surface area contributed by atoms with E-state index < -0.39 is 5.97 Å². The van der Waals surface area contributed by atoms with Crippen molar-refractivity contribution in [3.05, 3.63) is 34.2 Å². The quantitative estimate of drug-likeness (QED) is 0.746. The molecule has 5 heteroatoms. The van der Waals surface area contributed by atoms with Gasteiger partial charge in [0.05, 0.1) is 17.5 Å². The minimum atomic E-state index is -0.773. The highest BCUT2D eigenvalue weighted by Gasteiger charge is 2.46. The molecule has 1 heterocycles. The van der Waals surface area contributed by atoms with Gasteiger partial charge < -0.3 is 15.1 Å². The van der Waals surface area contributed by atoms with Crippen LogP contribution in [0.1, 0.15) is 24.8 Å². The summed E-state index contributed by atoms with van der Waals surface area (Å²) in [6.45, 7) is 0. The first kappa shape index (κ1) is 10.1. The molecule has 1 aromatic heterocycles. The fourth-order valence-corrected chi connectivity index (χ4v) is 2.37. The molecule has 17 heavy (non-hydrogen) atoms. The Morgan fingerprint density at radius 2 is 2.00 bits per heavy atom. The number of rotatable bonds is 3. The predicted molar refractivity (Wildman–Crippen MR) is 62.1 cm³/mol. The zero-order valence-electron chi connectivity index (χ0n) is 9.12. The average Bonchev–Trinajstić information content (AvgIpc) is 2.91. The molecular formula is C12H12N2O3. The van der Waals surface area contributed by atoms with Crippen molar-refractivity contribution in [2.45, 2.75) is 24.7 Å². The highest BCUT2D eigenvalue weighted by molar-refractivity contribution is 5.77. The molecule has 0 atom stereocenters. The molecule has 0 unspecified atom stereocenters. The Morgan fingerprint density at radius 1 is 1.29 bits per heavy atom. The molecule has 0 saturated heterocycles. The topological polar surface area (TPSA) is 85.9 Å². The number of aromatic nitrogens is 2. The number of imidazole rings is 1. The SMILES string of the molecule is O=C(O)CC1(c2ccc3[nH]c(=O)[nH]c3c2)CC1. The Hall–Kier alpha value is -2.04. The van der Waals surface area contributed by atoms with Crippen molar-refractivity contribution in [1.82, 2.24) is 9.97 Å². The molecule has 88 valence electrons. The third kappa shape index (κ3) is 1.63. The lowest BCUT2D eigenvalue weighted by atomic mass is 9.92. The molecule has 1 aliphatic carbocycles. The molecule has 5 nitrogen and oxygen atoms in total. The van der Waals surface area contributed by atoms with E-state index in [4.69, 9.17) is 5.11 Å². The Balaban J connectivity index is 2.06. The highest BCUT2D eigenvalue weighted by Crippen LogP contribution is 2.51. The summed E-state index contributed by atoms with van der Waals surface area (Å²) in [5.41, 5.74) is 2.05. The van der Waals surface area contributed by atoms with Gasteiger partial charge in [-0.2, -0.15) is 0 Å². The summed E-state index contributed by atoms with van der Waals surface area (Å²) >= 11 is 0. The maximum atomic E-state index is 11.1. The molecule has 1 fully saturated rings. The standard InChI is InChI=1S/C12H12N2O3/c15-10(16)6-12(3-4-12)7-1-2-8-9(5-7)14-11(17)13-8/h1-2,5H,3-4,6H2,(H,15,16)(H2,13,14,17). The summed E-state index contributed by atoms with van der Waals surface area (Å²) < 4.78 is 0. The third-order valence-corrected chi connectivity index (χ3v) is 3.47. The van der Waals surface area contributed by atoms with E-state index in [1.54, 1.807) is 0 Å². The minimum absolute atomic E-state index is 0.160. The maximum Gasteiger partial charge on any atom is 0.323 e. The Kier molecular flexibility index (Phi) is 1.92. The second-order valence-electron chi connectivity index (χ2n) is 4.69. The Morgan fingerprint density at radius 3 is 2.65 bits per heavy atom. The van der Waals surface area contributed by atoms with E-state index in [0.717, 1.165) is 29.4 Å². The zero-order valence-corrected chi connectivity index (χ0v) is 9.12. The van der Waals surface area contributed by atoms with Gasteiger partial charge in [0, 0.05) is 5.41 Å². The minimum Gasteiger partial charge on any atom is -0.481 e. The van der Waals surface area contributed by atoms with E-state index in [-0.39, 0.29) is 17.5 Å². The number of hydrogen-bond acceptors (Lipinski definition) is 2. The monoisotopic (exact) mass is 232 g/mol. The van der Waals surface area contributed by atoms with Crippen LogP contribution >= 0.6 is 0 Å². The number of hydrogen-bond donors (Lipinski definition) is 3. The second kappa shape index (κ2) is 3.23. The Bertz CT molecular complexity index is 649. The van der Waals surface area contributed by atoms with Gasteiger partial charge in [-0.25, -0.2) is 4.79 Å². The summed E-state index contributed by atoms with van der Waals surface area (Å²) in [4.78, 5) is 27.3. The van der Waals surface area contributed by atoms with Gasteiger partial charge in [-0.3, -0.25) is 4.79 Å². The van der Waals surface area contributed by atoms with Gasteiger partial charge in [0.1, 0.15) is 0 Å². The molecule has 2 aromatic rings. The van der Waals surface area contributed by atoms with E-state index in [1.165, 1.54) is 0 Å². The molecule has 1 saturated carbocycles. The summed E-state index contributed by atoms with van der Waals surface area (Å²) in [5, 5.41) is 8.90. The van der Waals surface area contributed by atoms with Crippen LogP contribution in [0.5, 0.6) is 0 Å². The van der Waals surface area contributed by atoms with Crippen LogP contribution in [0.3, 0.4) is 0 Å². The molecule has 3 rings (SSSR count). The number of H-pyrrole nitrogens is 2. The van der Waals surface area contributed by atoms with Crippen LogP contribution in [0, 0.1) is 0 Å². The highest BCUT2D eigenvalue weighted by atomic mass is 16.4. The summed E-state index contributed by atoms with van der Waals surface area (Å²) in [6, 6.07) is 5.61. The number of carbonyl (C=O) groups is 1. The van der Waals surface area contributed by atoms with Gasteiger partial charge in [-0.15, -0.1) is 0 Å². The number of nitrogens with one attached hydrogen (secondary N) is 2. The molecule has 0 amide bonds. The molecule has 0 spiro atoms. The van der Waals surface area contributed by atoms with Crippen LogP contribution in [0.15, 0.2) is 23.0 Å². The fourth-order valence-electron chi connectivity index (χ4n) is 2.37. The lowest BCUT2D eigenvalue weighted by Crippen LogP contribution is -2.12.